The minimum Gasteiger partial charge on any atom is -0.495 e. The third-order valence-corrected chi connectivity index (χ3v) is 17.3. The van der Waals surface area contributed by atoms with Crippen LogP contribution in [0.4, 0.5) is 31.4 Å². The lowest BCUT2D eigenvalue weighted by molar-refractivity contribution is -0.160. The van der Waals surface area contributed by atoms with Crippen molar-refractivity contribution in [1.29, 1.82) is 0 Å². The number of nitrogens with two attached hydrogens (primary N) is 1. The number of esters is 1. The van der Waals surface area contributed by atoms with Crippen LogP contribution in [-0.4, -0.2) is 145 Å². The number of amides is 8. The van der Waals surface area contributed by atoms with E-state index in [1.807, 2.05) is 26.8 Å². The molecule has 85 heavy (non-hydrogen) atoms. The molecule has 26 heteroatoms. The third-order valence-electron chi connectivity index (χ3n) is 15.3. The Labute approximate surface area is 518 Å². The molecule has 2 aromatic rings. The summed E-state index contributed by atoms with van der Waals surface area (Å²) in [6.45, 7) is 14.3. The number of allylic oxidation sites excluding steroid dienone is 3. The number of halogens is 3. The monoisotopic (exact) mass is 1340 g/mol. The Balaban J connectivity index is 1.32. The van der Waals surface area contributed by atoms with Gasteiger partial charge in [0.05, 0.1) is 31.2 Å². The van der Waals surface area contributed by atoms with Crippen LogP contribution >= 0.6 is 43.5 Å². The topological polar surface area (TPSA) is 317 Å². The van der Waals surface area contributed by atoms with Gasteiger partial charge in [0, 0.05) is 61.5 Å². The van der Waals surface area contributed by atoms with E-state index in [2.05, 4.69) is 63.8 Å². The zero-order chi connectivity index (χ0) is 63.1. The van der Waals surface area contributed by atoms with Crippen molar-refractivity contribution in [1.82, 2.24) is 21.3 Å². The number of aliphatic hydroxyl groups is 1. The summed E-state index contributed by atoms with van der Waals surface area (Å²) >= 11 is 13.5. The lowest BCUT2D eigenvalue weighted by atomic mass is 9.83. The number of alkyl halides is 2. The molecule has 3 aliphatic heterocycles. The van der Waals surface area contributed by atoms with Gasteiger partial charge in [-0.2, -0.15) is 0 Å². The molecule has 2 aromatic carbocycles. The number of urea groups is 1. The highest BCUT2D eigenvalue weighted by Gasteiger charge is 2.64. The number of unbranched alkanes of at least 4 members (excludes halogenated alkanes) is 1. The number of epoxide rings is 1. The Hall–Kier alpha value is -5.99. The summed E-state index contributed by atoms with van der Waals surface area (Å²) < 4.78 is 35.2. The number of hydrogen-bond donors (Lipinski definition) is 8. The fraction of sp³-hybridized carbons (Fsp3) is 0.593. The summed E-state index contributed by atoms with van der Waals surface area (Å²) in [5.74, 6) is -3.43. The highest BCUT2D eigenvalue weighted by Crippen LogP contribution is 2.49. The van der Waals surface area contributed by atoms with Crippen LogP contribution in [-0.2, 0) is 54.1 Å². The van der Waals surface area contributed by atoms with Crippen molar-refractivity contribution in [2.45, 2.75) is 167 Å². The molecule has 0 saturated carbocycles. The second-order valence-corrected chi connectivity index (χ2v) is 24.7. The number of anilines is 3. The number of nitrogens with zero attached hydrogens (tertiary/aromatic N) is 1. The number of carbonyl (C=O) groups is 8. The summed E-state index contributed by atoms with van der Waals surface area (Å²) in [6, 6.07) is 5.23. The number of ether oxygens (including phenoxy) is 6. The van der Waals surface area contributed by atoms with E-state index >= 15 is 0 Å². The molecule has 23 nitrogen and oxygen atoms in total. The number of rotatable bonds is 23. The first-order valence-corrected chi connectivity index (χ1v) is 30.9. The smallest absolute Gasteiger partial charge is 0.412 e. The van der Waals surface area contributed by atoms with E-state index in [0.29, 0.717) is 59.0 Å². The molecule has 2 saturated heterocycles. The molecule has 2 fully saturated rings. The van der Waals surface area contributed by atoms with E-state index in [4.69, 9.17) is 45.8 Å². The number of nitrogens with one attached hydrogen (secondary N) is 6. The van der Waals surface area contributed by atoms with Gasteiger partial charge in [-0.15, -0.1) is 0 Å². The first-order valence-electron chi connectivity index (χ1n) is 28.2. The second kappa shape index (κ2) is 31.1. The number of benzene rings is 2. The van der Waals surface area contributed by atoms with Crippen LogP contribution in [0.1, 0.15) is 111 Å². The van der Waals surface area contributed by atoms with Gasteiger partial charge in [-0.05, 0) is 121 Å². The highest BCUT2D eigenvalue weighted by molar-refractivity contribution is 9.09. The van der Waals surface area contributed by atoms with Crippen LogP contribution in [0.2, 0.25) is 5.02 Å². The average Bonchev–Trinajstić information content (AvgIpc) is 1.71. The van der Waals surface area contributed by atoms with Crippen LogP contribution in [0.5, 0.6) is 5.75 Å². The van der Waals surface area contributed by atoms with E-state index in [1.165, 1.54) is 31.3 Å². The van der Waals surface area contributed by atoms with Crippen LogP contribution in [0.3, 0.4) is 0 Å². The fourth-order valence-electron chi connectivity index (χ4n) is 10.2. The van der Waals surface area contributed by atoms with Crippen molar-refractivity contribution < 1.29 is 71.9 Å². The number of fused-ring (bicyclic) bond motifs is 5. The molecule has 9 atom stereocenters. The number of aryl methyl sites for hydroxylation is 1. The Morgan fingerprint density at radius 1 is 1.00 bits per heavy atom. The summed E-state index contributed by atoms with van der Waals surface area (Å²) in [5.41, 5.74) is 4.33. The van der Waals surface area contributed by atoms with E-state index in [1.54, 1.807) is 72.0 Å². The van der Waals surface area contributed by atoms with E-state index in [9.17, 15) is 43.5 Å². The minimum absolute atomic E-state index is 0.0667. The van der Waals surface area contributed by atoms with E-state index in [0.717, 1.165) is 11.1 Å². The van der Waals surface area contributed by atoms with Crippen molar-refractivity contribution in [3.63, 3.8) is 0 Å². The van der Waals surface area contributed by atoms with Crippen LogP contribution < -0.4 is 47.3 Å². The summed E-state index contributed by atoms with van der Waals surface area (Å²) in [4.78, 5) is 108. The number of hydrogen-bond acceptors (Lipinski definition) is 15. The number of methoxy groups -OCH3 is 2. The molecular formula is C59H83Br2ClN8O15. The quantitative estimate of drug-likeness (QED) is 0.0172. The van der Waals surface area contributed by atoms with Gasteiger partial charge in [-0.25, -0.2) is 14.4 Å². The van der Waals surface area contributed by atoms with Gasteiger partial charge >= 0.3 is 24.2 Å². The molecule has 3 aliphatic rings. The lowest BCUT2D eigenvalue weighted by Gasteiger charge is -2.42. The van der Waals surface area contributed by atoms with Gasteiger partial charge in [0.2, 0.25) is 23.6 Å². The Bertz CT molecular complexity index is 2820. The SMILES string of the molecule is COc1cc2cc(c1Cl)N(C)C(=O)C[C@H](OC(=O)Nc1ccc(NC(=O)[C@H](CCCNC(N)=O)NC(=O)[C@@H](NC(=O)CCCCC(C)(C)OC(=O)C(CBr)CBr)C(C)C)c(C)c1)[C@]1(C)O[C@H]1[C@H](C)[C@@H]1C[C@@](O)(NC(=O)O1)[C@H](OC)/C=C/C=C(\C)C2. The molecule has 0 radical (unpaired) electrons. The molecular weight excluding hydrogens is 1260 g/mol. The standard InChI is InChI=1S/C59H83Br2ClN8O15/c1-32(2)49(68-46(71)19-12-13-22-57(6,7)85-53(75)37(30-60)31-61)52(74)67-40(17-15-23-64-54(63)76)51(73)66-39-21-20-38(25-34(39)4)65-55(77)83-45-28-47(72)70(9)41-26-36(27-42(80-10)48(41)62)24-33(3)16-14-18-44(81-11)59(79)29-43(82-56(78)69-59)35(5)50-58(45,8)84-50/h14,16,18,20-21,25-27,32,35,37,40,43-45,49-50,79H,12-13,15,17,19,22-24,28-31H2,1-11H3,(H,65,77)(H,66,73)(H,67,74)(H,68,71)(H,69,78)(H3,63,64,76)/b18-14+,33-16+/t35-,40+,43+,44-,45+,49+,50+,58+,59+/m1/s1. The van der Waals surface area contributed by atoms with Gasteiger partial charge in [-0.1, -0.05) is 88.0 Å². The molecule has 3 heterocycles. The minimum atomic E-state index is -1.90. The summed E-state index contributed by atoms with van der Waals surface area (Å²) in [5, 5.41) is 29.1. The lowest BCUT2D eigenvalue weighted by Crippen LogP contribution is -2.63. The molecule has 8 amide bonds. The number of alkyl carbamates (subject to hydrolysis) is 1. The molecule has 0 aromatic heterocycles. The first kappa shape index (κ1) is 69.8. The number of carbonyl (C=O) groups excluding carboxylic acids is 8. The van der Waals surface area contributed by atoms with Gasteiger partial charge in [0.1, 0.15) is 52.4 Å². The van der Waals surface area contributed by atoms with Crippen molar-refractivity contribution in [3.8, 4) is 5.75 Å². The summed E-state index contributed by atoms with van der Waals surface area (Å²) in [6.07, 6.45) is 1.23. The Morgan fingerprint density at radius 3 is 2.34 bits per heavy atom. The van der Waals surface area contributed by atoms with Crippen molar-refractivity contribution in [2.24, 2.45) is 23.5 Å². The average molecular weight is 1340 g/mol. The zero-order valence-corrected chi connectivity index (χ0v) is 54.0. The molecule has 5 rings (SSSR count). The zero-order valence-electron chi connectivity index (χ0n) is 50.1. The maximum Gasteiger partial charge on any atom is 0.412 e. The largest absolute Gasteiger partial charge is 0.495 e. The Morgan fingerprint density at radius 2 is 1.71 bits per heavy atom. The summed E-state index contributed by atoms with van der Waals surface area (Å²) in [7, 11) is 4.41. The van der Waals surface area contributed by atoms with Crippen LogP contribution in [0.15, 0.2) is 54.1 Å². The van der Waals surface area contributed by atoms with Crippen LogP contribution in [0, 0.1) is 24.7 Å². The van der Waals surface area contributed by atoms with E-state index < -0.39 is 102 Å². The predicted molar refractivity (Wildman–Crippen MR) is 328 cm³/mol. The predicted octanol–water partition coefficient (Wildman–Crippen LogP) is 7.98. The molecule has 4 bridgehead atoms. The third kappa shape index (κ3) is 19.5. The van der Waals surface area contributed by atoms with Crippen LogP contribution in [0.25, 0.3) is 0 Å². The van der Waals surface area contributed by atoms with Crippen molar-refractivity contribution >= 4 is 108 Å². The second-order valence-electron chi connectivity index (χ2n) is 23.0. The Kier molecular flexibility index (Phi) is 25.5. The molecule has 0 aliphatic carbocycles. The maximum absolute atomic E-state index is 14.4. The van der Waals surface area contributed by atoms with E-state index in [-0.39, 0.29) is 66.7 Å². The first-order chi connectivity index (χ1) is 40.0. The van der Waals surface area contributed by atoms with Gasteiger partial charge in [0.25, 0.3) is 0 Å². The van der Waals surface area contributed by atoms with Crippen molar-refractivity contribution in [3.05, 3.63) is 70.3 Å². The van der Waals surface area contributed by atoms with Crippen molar-refractivity contribution in [2.75, 3.05) is 54.0 Å². The molecule has 9 N–H and O–H groups in total. The molecule has 0 spiro atoms. The van der Waals surface area contributed by atoms with Gasteiger partial charge in [-0.3, -0.25) is 34.6 Å². The van der Waals surface area contributed by atoms with Gasteiger partial charge in [0.15, 0.2) is 5.72 Å². The number of primary amides is 1. The highest BCUT2D eigenvalue weighted by atomic mass is 79.9. The maximum atomic E-state index is 14.4. The normalized spacial score (nSPS) is 24.2. The molecule has 470 valence electrons. The molecule has 0 unspecified atom stereocenters. The fourth-order valence-corrected chi connectivity index (χ4v) is 12.1. The van der Waals surface area contributed by atoms with Gasteiger partial charge < -0.3 is 65.4 Å².